The van der Waals surface area contributed by atoms with E-state index in [-0.39, 0.29) is 5.91 Å². The molecule has 5 nitrogen and oxygen atoms in total. The maximum atomic E-state index is 12.9. The number of amides is 1. The second-order valence-corrected chi connectivity index (χ2v) is 8.16. The molecule has 150 valence electrons. The zero-order valence-corrected chi connectivity index (χ0v) is 17.3. The maximum Gasteiger partial charge on any atom is 0.273 e. The fourth-order valence-corrected chi connectivity index (χ4v) is 4.54. The van der Waals surface area contributed by atoms with Crippen molar-refractivity contribution in [2.24, 2.45) is 0 Å². The van der Waals surface area contributed by atoms with Crippen LogP contribution >= 0.6 is 11.3 Å². The normalized spacial score (nSPS) is 14.1. The summed E-state index contributed by atoms with van der Waals surface area (Å²) >= 11 is 1.46. The standard InChI is InChI=1S/C24H22N4OS/c29-23(28-15-13-27(14-16-28)19-9-2-1-3-10-19)22-17-30-24(26-22)25-21-12-6-8-18-7-4-5-11-20(18)21/h1-12,17H,13-16H2,(H,25,26). The molecular formula is C24H22N4OS. The molecule has 0 bridgehead atoms. The van der Waals surface area contributed by atoms with Crippen molar-refractivity contribution in [3.63, 3.8) is 0 Å². The summed E-state index contributed by atoms with van der Waals surface area (Å²) in [5.74, 6) is 0.00457. The largest absolute Gasteiger partial charge is 0.368 e. The number of carbonyl (C=O) groups is 1. The first-order valence-corrected chi connectivity index (χ1v) is 11.0. The summed E-state index contributed by atoms with van der Waals surface area (Å²) in [5, 5.41) is 8.27. The van der Waals surface area contributed by atoms with Crippen LogP contribution in [0.3, 0.4) is 0 Å². The number of nitrogens with one attached hydrogen (secondary N) is 1. The molecule has 1 aliphatic heterocycles. The molecule has 0 atom stereocenters. The second-order valence-electron chi connectivity index (χ2n) is 7.30. The Morgan fingerprint density at radius 3 is 2.43 bits per heavy atom. The van der Waals surface area contributed by atoms with Gasteiger partial charge in [0.25, 0.3) is 5.91 Å². The minimum atomic E-state index is 0.00457. The quantitative estimate of drug-likeness (QED) is 0.510. The molecule has 0 saturated carbocycles. The molecule has 5 rings (SSSR count). The average Bonchev–Trinajstić information content (AvgIpc) is 3.28. The highest BCUT2D eigenvalue weighted by molar-refractivity contribution is 7.14. The van der Waals surface area contributed by atoms with E-state index in [1.165, 1.54) is 22.4 Å². The Bertz CT molecular complexity index is 1160. The van der Waals surface area contributed by atoms with Crippen molar-refractivity contribution in [1.82, 2.24) is 9.88 Å². The number of para-hydroxylation sites is 1. The monoisotopic (exact) mass is 414 g/mol. The van der Waals surface area contributed by atoms with Gasteiger partial charge in [-0.2, -0.15) is 0 Å². The van der Waals surface area contributed by atoms with E-state index < -0.39 is 0 Å². The topological polar surface area (TPSA) is 48.5 Å². The van der Waals surface area contributed by atoms with Gasteiger partial charge in [-0.25, -0.2) is 4.98 Å². The Morgan fingerprint density at radius 2 is 1.60 bits per heavy atom. The van der Waals surface area contributed by atoms with Gasteiger partial charge in [0, 0.05) is 48.3 Å². The highest BCUT2D eigenvalue weighted by atomic mass is 32.1. The number of carbonyl (C=O) groups excluding carboxylic acids is 1. The van der Waals surface area contributed by atoms with E-state index in [2.05, 4.69) is 45.5 Å². The summed E-state index contributed by atoms with van der Waals surface area (Å²) in [4.78, 5) is 21.7. The number of hydrogen-bond donors (Lipinski definition) is 1. The molecule has 0 radical (unpaired) electrons. The molecule has 0 spiro atoms. The lowest BCUT2D eigenvalue weighted by atomic mass is 10.1. The van der Waals surface area contributed by atoms with Crippen LogP contribution in [-0.2, 0) is 0 Å². The van der Waals surface area contributed by atoms with Gasteiger partial charge in [0.15, 0.2) is 5.13 Å². The van der Waals surface area contributed by atoms with Crippen LogP contribution in [0.15, 0.2) is 78.2 Å². The molecule has 0 aliphatic carbocycles. The molecule has 6 heteroatoms. The van der Waals surface area contributed by atoms with Gasteiger partial charge in [-0.15, -0.1) is 11.3 Å². The van der Waals surface area contributed by atoms with E-state index in [4.69, 9.17) is 0 Å². The maximum absolute atomic E-state index is 12.9. The Balaban J connectivity index is 1.26. The predicted molar refractivity (Wildman–Crippen MR) is 124 cm³/mol. The summed E-state index contributed by atoms with van der Waals surface area (Å²) in [6.07, 6.45) is 0. The number of aromatic nitrogens is 1. The lowest BCUT2D eigenvalue weighted by Crippen LogP contribution is -2.48. The van der Waals surface area contributed by atoms with Crippen LogP contribution in [-0.4, -0.2) is 42.0 Å². The number of fused-ring (bicyclic) bond motifs is 1. The van der Waals surface area contributed by atoms with Crippen molar-refractivity contribution in [1.29, 1.82) is 0 Å². The third-order valence-electron chi connectivity index (χ3n) is 5.44. The fourth-order valence-electron chi connectivity index (χ4n) is 3.85. The van der Waals surface area contributed by atoms with E-state index in [9.17, 15) is 4.79 Å². The molecule has 0 unspecified atom stereocenters. The van der Waals surface area contributed by atoms with Gasteiger partial charge in [0.05, 0.1) is 0 Å². The lowest BCUT2D eigenvalue weighted by molar-refractivity contribution is 0.0742. The molecule has 4 aromatic rings. The van der Waals surface area contributed by atoms with Crippen LogP contribution in [0.1, 0.15) is 10.5 Å². The molecule has 2 heterocycles. The third-order valence-corrected chi connectivity index (χ3v) is 6.20. The molecule has 1 aliphatic rings. The third kappa shape index (κ3) is 3.74. The molecular weight excluding hydrogens is 392 g/mol. The fraction of sp³-hybridized carbons (Fsp3) is 0.167. The van der Waals surface area contributed by atoms with E-state index in [0.717, 1.165) is 29.3 Å². The first-order chi connectivity index (χ1) is 14.8. The molecule has 1 fully saturated rings. The predicted octanol–water partition coefficient (Wildman–Crippen LogP) is 5.00. The zero-order chi connectivity index (χ0) is 20.3. The number of piperazine rings is 1. The Hall–Kier alpha value is -3.38. The smallest absolute Gasteiger partial charge is 0.273 e. The van der Waals surface area contributed by atoms with Crippen LogP contribution in [0.25, 0.3) is 10.8 Å². The number of anilines is 3. The molecule has 1 aromatic heterocycles. The lowest BCUT2D eigenvalue weighted by Gasteiger charge is -2.35. The Kier molecular flexibility index (Phi) is 5.07. The zero-order valence-electron chi connectivity index (χ0n) is 16.5. The van der Waals surface area contributed by atoms with Crippen molar-refractivity contribution >= 4 is 44.5 Å². The molecule has 30 heavy (non-hydrogen) atoms. The first-order valence-electron chi connectivity index (χ1n) is 10.1. The van der Waals surface area contributed by atoms with E-state index in [1.807, 2.05) is 52.7 Å². The Morgan fingerprint density at radius 1 is 0.867 bits per heavy atom. The van der Waals surface area contributed by atoms with Gasteiger partial charge in [0.2, 0.25) is 0 Å². The van der Waals surface area contributed by atoms with Crippen LogP contribution in [0, 0.1) is 0 Å². The second kappa shape index (κ2) is 8.16. The van der Waals surface area contributed by atoms with Crippen LogP contribution < -0.4 is 10.2 Å². The number of nitrogens with zero attached hydrogens (tertiary/aromatic N) is 3. The molecule has 1 amide bonds. The summed E-state index contributed by atoms with van der Waals surface area (Å²) < 4.78 is 0. The van der Waals surface area contributed by atoms with Gasteiger partial charge >= 0.3 is 0 Å². The van der Waals surface area contributed by atoms with Gasteiger partial charge in [-0.05, 0) is 23.6 Å². The number of rotatable bonds is 4. The first kappa shape index (κ1) is 18.6. The van der Waals surface area contributed by atoms with Crippen molar-refractivity contribution in [3.05, 3.63) is 83.9 Å². The van der Waals surface area contributed by atoms with E-state index in [1.54, 1.807) is 0 Å². The van der Waals surface area contributed by atoms with Crippen molar-refractivity contribution in [3.8, 4) is 0 Å². The highest BCUT2D eigenvalue weighted by Gasteiger charge is 2.24. The van der Waals surface area contributed by atoms with Crippen molar-refractivity contribution in [2.75, 3.05) is 36.4 Å². The summed E-state index contributed by atoms with van der Waals surface area (Å²) in [5.41, 5.74) is 2.72. The minimum absolute atomic E-state index is 0.00457. The molecule has 1 N–H and O–H groups in total. The van der Waals surface area contributed by atoms with Crippen molar-refractivity contribution in [2.45, 2.75) is 0 Å². The number of hydrogen-bond acceptors (Lipinski definition) is 5. The minimum Gasteiger partial charge on any atom is -0.368 e. The number of benzene rings is 3. The average molecular weight is 415 g/mol. The van der Waals surface area contributed by atoms with Crippen LogP contribution in [0.5, 0.6) is 0 Å². The van der Waals surface area contributed by atoms with Gasteiger partial charge in [-0.1, -0.05) is 54.6 Å². The summed E-state index contributed by atoms with van der Waals surface area (Å²) in [6.45, 7) is 3.08. The highest BCUT2D eigenvalue weighted by Crippen LogP contribution is 2.28. The van der Waals surface area contributed by atoms with Crippen molar-refractivity contribution < 1.29 is 4.79 Å². The SMILES string of the molecule is O=C(c1csc(Nc2cccc3ccccc23)n1)N1CCN(c2ccccc2)CC1. The van der Waals surface area contributed by atoms with E-state index >= 15 is 0 Å². The van der Waals surface area contributed by atoms with Gasteiger partial charge < -0.3 is 15.1 Å². The molecule has 3 aromatic carbocycles. The Labute approximate surface area is 179 Å². The van der Waals surface area contributed by atoms with Crippen LogP contribution in [0.4, 0.5) is 16.5 Å². The summed E-state index contributed by atoms with van der Waals surface area (Å²) in [6, 6.07) is 24.7. The molecule has 1 saturated heterocycles. The number of thiazole rings is 1. The summed E-state index contributed by atoms with van der Waals surface area (Å²) in [7, 11) is 0. The van der Waals surface area contributed by atoms with Gasteiger partial charge in [0.1, 0.15) is 5.69 Å². The van der Waals surface area contributed by atoms with E-state index in [0.29, 0.717) is 18.8 Å². The van der Waals surface area contributed by atoms with Crippen LogP contribution in [0.2, 0.25) is 0 Å². The van der Waals surface area contributed by atoms with Gasteiger partial charge in [-0.3, -0.25) is 4.79 Å².